The molecule has 0 bridgehead atoms. The first-order valence-electron chi connectivity index (χ1n) is 8.81. The second-order valence-electron chi connectivity index (χ2n) is 6.70. The number of nitrogens with one attached hydrogen (secondary N) is 2. The van der Waals surface area contributed by atoms with Gasteiger partial charge >= 0.3 is 0 Å². The Labute approximate surface area is 147 Å². The minimum absolute atomic E-state index is 0.0574. The topological polar surface area (TPSA) is 61.0 Å². The zero-order valence-corrected chi connectivity index (χ0v) is 14.1. The highest BCUT2D eigenvalue weighted by Gasteiger charge is 2.21. The van der Waals surface area contributed by atoms with Crippen molar-refractivity contribution in [2.24, 2.45) is 5.92 Å². The summed E-state index contributed by atoms with van der Waals surface area (Å²) in [5.74, 6) is 0.634. The zero-order chi connectivity index (χ0) is 17.1. The highest BCUT2D eigenvalue weighted by Crippen LogP contribution is 2.21. The lowest BCUT2D eigenvalue weighted by Crippen LogP contribution is -2.46. The predicted molar refractivity (Wildman–Crippen MR) is 98.0 cm³/mol. The molecule has 0 saturated carbocycles. The monoisotopic (exact) mass is 334 g/mol. The molecule has 2 aromatic carbocycles. The third kappa shape index (κ3) is 3.72. The highest BCUT2D eigenvalue weighted by atomic mass is 16.2. The first kappa shape index (κ1) is 15.8. The number of hydrogen-bond donors (Lipinski definition) is 2. The van der Waals surface area contributed by atoms with Gasteiger partial charge in [0.1, 0.15) is 0 Å². The van der Waals surface area contributed by atoms with Gasteiger partial charge in [-0.25, -0.2) is 9.99 Å². The molecule has 0 aliphatic carbocycles. The number of piperidine rings is 1. The van der Waals surface area contributed by atoms with Crippen LogP contribution >= 0.6 is 0 Å². The lowest BCUT2D eigenvalue weighted by atomic mass is 9.91. The fourth-order valence-corrected chi connectivity index (χ4v) is 3.48. The van der Waals surface area contributed by atoms with Crippen LogP contribution in [0.1, 0.15) is 28.8 Å². The number of fused-ring (bicyclic) bond motifs is 1. The maximum atomic E-state index is 12.5. The number of aromatic amines is 1. The van der Waals surface area contributed by atoms with Gasteiger partial charge in [-0.15, -0.1) is 0 Å². The largest absolute Gasteiger partial charge is 0.345 e. The summed E-state index contributed by atoms with van der Waals surface area (Å²) in [4.78, 5) is 19.7. The summed E-state index contributed by atoms with van der Waals surface area (Å²) >= 11 is 0. The van der Waals surface area contributed by atoms with E-state index in [0.717, 1.165) is 43.4 Å². The molecule has 0 radical (unpaired) electrons. The lowest BCUT2D eigenvalue weighted by Gasteiger charge is -2.32. The molecular formula is C20H22N4O. The maximum absolute atomic E-state index is 12.5. The van der Waals surface area contributed by atoms with Crippen molar-refractivity contribution in [3.8, 4) is 0 Å². The van der Waals surface area contributed by atoms with Crippen LogP contribution in [0.15, 0.2) is 54.9 Å². The molecule has 5 nitrogen and oxygen atoms in total. The van der Waals surface area contributed by atoms with Crippen LogP contribution in [0.4, 0.5) is 0 Å². The van der Waals surface area contributed by atoms with Gasteiger partial charge in [-0.05, 0) is 48.9 Å². The molecule has 2 N–H and O–H groups in total. The van der Waals surface area contributed by atoms with E-state index in [0.29, 0.717) is 11.5 Å². The molecule has 5 heteroatoms. The van der Waals surface area contributed by atoms with E-state index in [4.69, 9.17) is 0 Å². The number of hydrazine groups is 1. The Hall–Kier alpha value is -2.66. The number of rotatable bonds is 4. The minimum Gasteiger partial charge on any atom is -0.345 e. The Morgan fingerprint density at radius 3 is 2.76 bits per heavy atom. The van der Waals surface area contributed by atoms with Crippen LogP contribution < -0.4 is 5.43 Å². The molecule has 0 spiro atoms. The number of nitrogens with zero attached hydrogens (tertiary/aromatic N) is 2. The highest BCUT2D eigenvalue weighted by molar-refractivity contribution is 5.97. The molecule has 0 atom stereocenters. The number of benzene rings is 2. The summed E-state index contributed by atoms with van der Waals surface area (Å²) in [6.07, 6.45) is 4.98. The Morgan fingerprint density at radius 1 is 1.16 bits per heavy atom. The second-order valence-corrected chi connectivity index (χ2v) is 6.70. The maximum Gasteiger partial charge on any atom is 0.265 e. The van der Waals surface area contributed by atoms with Crippen molar-refractivity contribution in [2.75, 3.05) is 13.1 Å². The van der Waals surface area contributed by atoms with Crippen LogP contribution in [-0.4, -0.2) is 34.0 Å². The number of hydrogen-bond acceptors (Lipinski definition) is 3. The molecule has 1 saturated heterocycles. The van der Waals surface area contributed by atoms with E-state index in [1.165, 1.54) is 5.56 Å². The normalized spacial score (nSPS) is 16.2. The van der Waals surface area contributed by atoms with E-state index in [1.807, 2.05) is 23.2 Å². The molecule has 1 aliphatic heterocycles. The lowest BCUT2D eigenvalue weighted by molar-refractivity contribution is 0.0702. The SMILES string of the molecule is O=C(NN1CCC(Cc2ccccc2)CC1)c1ccc2nc[nH]c2c1. The first-order valence-corrected chi connectivity index (χ1v) is 8.81. The van der Waals surface area contributed by atoms with Crippen molar-refractivity contribution in [3.63, 3.8) is 0 Å². The van der Waals surface area contributed by atoms with E-state index in [2.05, 4.69) is 45.7 Å². The van der Waals surface area contributed by atoms with Crippen LogP contribution in [-0.2, 0) is 6.42 Å². The van der Waals surface area contributed by atoms with Crippen LogP contribution in [0.5, 0.6) is 0 Å². The van der Waals surface area contributed by atoms with Gasteiger partial charge in [-0.3, -0.25) is 10.2 Å². The Kier molecular flexibility index (Phi) is 4.48. The molecule has 2 heterocycles. The summed E-state index contributed by atoms with van der Waals surface area (Å²) in [7, 11) is 0. The molecule has 25 heavy (non-hydrogen) atoms. The van der Waals surface area contributed by atoms with E-state index in [9.17, 15) is 4.79 Å². The number of carbonyl (C=O) groups is 1. The molecule has 1 fully saturated rings. The molecular weight excluding hydrogens is 312 g/mol. The Balaban J connectivity index is 1.31. The average Bonchev–Trinajstić information content (AvgIpc) is 3.12. The summed E-state index contributed by atoms with van der Waals surface area (Å²) in [5, 5.41) is 2.04. The van der Waals surface area contributed by atoms with Crippen molar-refractivity contribution in [3.05, 3.63) is 66.0 Å². The third-order valence-electron chi connectivity index (χ3n) is 4.92. The molecule has 4 rings (SSSR count). The van der Waals surface area contributed by atoms with Crippen molar-refractivity contribution in [1.29, 1.82) is 0 Å². The average molecular weight is 334 g/mol. The van der Waals surface area contributed by atoms with Gasteiger partial charge in [0.2, 0.25) is 0 Å². The fraction of sp³-hybridized carbons (Fsp3) is 0.300. The van der Waals surface area contributed by atoms with Gasteiger partial charge in [0.25, 0.3) is 5.91 Å². The molecule has 1 amide bonds. The predicted octanol–water partition coefficient (Wildman–Crippen LogP) is 3.16. The number of H-pyrrole nitrogens is 1. The van der Waals surface area contributed by atoms with Gasteiger partial charge < -0.3 is 4.98 Å². The van der Waals surface area contributed by atoms with Gasteiger partial charge in [0.05, 0.1) is 17.4 Å². The van der Waals surface area contributed by atoms with Crippen molar-refractivity contribution in [1.82, 2.24) is 20.4 Å². The van der Waals surface area contributed by atoms with Crippen molar-refractivity contribution < 1.29 is 4.79 Å². The summed E-state index contributed by atoms with van der Waals surface area (Å²) < 4.78 is 0. The number of aromatic nitrogens is 2. The smallest absolute Gasteiger partial charge is 0.265 e. The summed E-state index contributed by atoms with van der Waals surface area (Å²) in [5.41, 5.74) is 6.85. The Bertz CT molecular complexity index is 850. The summed E-state index contributed by atoms with van der Waals surface area (Å²) in [6.45, 7) is 1.80. The number of amides is 1. The van der Waals surface area contributed by atoms with Crippen LogP contribution in [0.2, 0.25) is 0 Å². The van der Waals surface area contributed by atoms with Gasteiger partial charge in [-0.1, -0.05) is 30.3 Å². The number of imidazole rings is 1. The van der Waals surface area contributed by atoms with E-state index >= 15 is 0 Å². The molecule has 0 unspecified atom stereocenters. The van der Waals surface area contributed by atoms with E-state index < -0.39 is 0 Å². The van der Waals surface area contributed by atoms with Crippen molar-refractivity contribution >= 4 is 16.9 Å². The number of carbonyl (C=O) groups excluding carboxylic acids is 1. The zero-order valence-electron chi connectivity index (χ0n) is 14.1. The Morgan fingerprint density at radius 2 is 1.96 bits per heavy atom. The fourth-order valence-electron chi connectivity index (χ4n) is 3.48. The second kappa shape index (κ2) is 7.07. The molecule has 1 aliphatic rings. The van der Waals surface area contributed by atoms with Gasteiger partial charge in [-0.2, -0.15) is 0 Å². The van der Waals surface area contributed by atoms with Gasteiger partial charge in [0.15, 0.2) is 0 Å². The van der Waals surface area contributed by atoms with Gasteiger partial charge in [0, 0.05) is 18.7 Å². The van der Waals surface area contributed by atoms with E-state index in [-0.39, 0.29) is 5.91 Å². The quantitative estimate of drug-likeness (QED) is 0.770. The summed E-state index contributed by atoms with van der Waals surface area (Å²) in [6, 6.07) is 16.2. The first-order chi connectivity index (χ1) is 12.3. The molecule has 1 aromatic heterocycles. The van der Waals surface area contributed by atoms with Crippen LogP contribution in [0, 0.1) is 5.92 Å². The van der Waals surface area contributed by atoms with Crippen LogP contribution in [0.3, 0.4) is 0 Å². The molecule has 128 valence electrons. The molecule has 3 aromatic rings. The van der Waals surface area contributed by atoms with Crippen LogP contribution in [0.25, 0.3) is 11.0 Å². The van der Waals surface area contributed by atoms with Crippen molar-refractivity contribution in [2.45, 2.75) is 19.3 Å². The van der Waals surface area contributed by atoms with E-state index in [1.54, 1.807) is 6.33 Å². The standard InChI is InChI=1S/C20H22N4O/c25-20(17-6-7-18-19(13-17)22-14-21-18)23-24-10-8-16(9-11-24)12-15-4-2-1-3-5-15/h1-7,13-14,16H,8-12H2,(H,21,22)(H,23,25). The minimum atomic E-state index is -0.0574. The third-order valence-corrected chi connectivity index (χ3v) is 4.92.